The van der Waals surface area contributed by atoms with E-state index >= 15 is 0 Å². The van der Waals surface area contributed by atoms with Gasteiger partial charge in [0, 0.05) is 17.5 Å². The quantitative estimate of drug-likeness (QED) is 0.922. The predicted molar refractivity (Wildman–Crippen MR) is 77.6 cm³/mol. The second-order valence-corrected chi connectivity index (χ2v) is 5.18. The van der Waals surface area contributed by atoms with E-state index in [2.05, 4.69) is 11.4 Å². The minimum absolute atomic E-state index is 0.190. The molecule has 0 aromatic heterocycles. The highest BCUT2D eigenvalue weighted by molar-refractivity contribution is 5.41. The maximum absolute atomic E-state index is 13.0. The molecule has 1 aliphatic rings. The standard InChI is InChI=1S/C17H18FNO/c1-19-16(10-12-6-8-13(18)9-7-12)15-11-20-17-5-3-2-4-14(15)17/h2-9,15-16,19H,10-11H2,1H3. The molecule has 0 bridgehead atoms. The third kappa shape index (κ3) is 2.54. The number of rotatable bonds is 4. The summed E-state index contributed by atoms with van der Waals surface area (Å²) in [5.41, 5.74) is 2.39. The number of fused-ring (bicyclic) bond motifs is 1. The highest BCUT2D eigenvalue weighted by atomic mass is 19.1. The second kappa shape index (κ2) is 5.63. The Balaban J connectivity index is 1.79. The summed E-state index contributed by atoms with van der Waals surface area (Å²) < 4.78 is 18.7. The summed E-state index contributed by atoms with van der Waals surface area (Å²) in [7, 11) is 1.97. The molecule has 1 heterocycles. The van der Waals surface area contributed by atoms with Gasteiger partial charge in [-0.1, -0.05) is 30.3 Å². The van der Waals surface area contributed by atoms with Crippen LogP contribution in [0.4, 0.5) is 4.39 Å². The number of halogens is 1. The van der Waals surface area contributed by atoms with E-state index < -0.39 is 0 Å². The maximum atomic E-state index is 13.0. The van der Waals surface area contributed by atoms with Crippen molar-refractivity contribution in [2.24, 2.45) is 0 Å². The Kier molecular flexibility index (Phi) is 3.70. The Hall–Kier alpha value is -1.87. The molecule has 2 aromatic carbocycles. The molecule has 2 nitrogen and oxygen atoms in total. The summed E-state index contributed by atoms with van der Waals surface area (Å²) >= 11 is 0. The van der Waals surface area contributed by atoms with Crippen molar-refractivity contribution < 1.29 is 9.13 Å². The lowest BCUT2D eigenvalue weighted by molar-refractivity contribution is 0.302. The zero-order valence-corrected chi connectivity index (χ0v) is 11.5. The van der Waals surface area contributed by atoms with Crippen LogP contribution in [0.2, 0.25) is 0 Å². The molecule has 0 amide bonds. The largest absolute Gasteiger partial charge is 0.493 e. The van der Waals surface area contributed by atoms with Crippen molar-refractivity contribution >= 4 is 0 Å². The molecule has 0 spiro atoms. The van der Waals surface area contributed by atoms with E-state index in [1.54, 1.807) is 0 Å². The summed E-state index contributed by atoms with van der Waals surface area (Å²) in [6, 6.07) is 15.2. The van der Waals surface area contributed by atoms with Gasteiger partial charge in [0.2, 0.25) is 0 Å². The van der Waals surface area contributed by atoms with Crippen molar-refractivity contribution in [2.45, 2.75) is 18.4 Å². The van der Waals surface area contributed by atoms with Crippen LogP contribution in [0.25, 0.3) is 0 Å². The molecule has 0 fully saturated rings. The molecule has 3 rings (SSSR count). The maximum Gasteiger partial charge on any atom is 0.123 e. The lowest BCUT2D eigenvalue weighted by Crippen LogP contribution is -2.35. The fourth-order valence-electron chi connectivity index (χ4n) is 2.84. The van der Waals surface area contributed by atoms with Gasteiger partial charge in [0.1, 0.15) is 11.6 Å². The third-order valence-corrected chi connectivity index (χ3v) is 3.96. The number of likely N-dealkylation sites (N-methyl/N-ethyl adjacent to an activating group) is 1. The molecule has 20 heavy (non-hydrogen) atoms. The fourth-order valence-corrected chi connectivity index (χ4v) is 2.84. The Morgan fingerprint density at radius 1 is 1.20 bits per heavy atom. The van der Waals surface area contributed by atoms with Crippen LogP contribution in [-0.2, 0) is 6.42 Å². The van der Waals surface area contributed by atoms with Gasteiger partial charge in [0.05, 0.1) is 6.61 Å². The zero-order chi connectivity index (χ0) is 13.9. The van der Waals surface area contributed by atoms with Gasteiger partial charge in [-0.25, -0.2) is 4.39 Å². The van der Waals surface area contributed by atoms with Crippen LogP contribution in [0.1, 0.15) is 17.0 Å². The smallest absolute Gasteiger partial charge is 0.123 e. The first kappa shape index (κ1) is 13.1. The first-order chi connectivity index (χ1) is 9.78. The Bertz CT molecular complexity index is 582. The normalized spacial score (nSPS) is 18.4. The van der Waals surface area contributed by atoms with E-state index in [0.29, 0.717) is 12.5 Å². The average Bonchev–Trinajstić information content (AvgIpc) is 2.91. The predicted octanol–water partition coefficient (Wildman–Crippen LogP) is 3.13. The summed E-state index contributed by atoms with van der Waals surface area (Å²) in [6.45, 7) is 0.700. The molecule has 0 saturated carbocycles. The molecule has 2 atom stereocenters. The number of nitrogens with one attached hydrogen (secondary N) is 1. The van der Waals surface area contributed by atoms with E-state index in [1.807, 2.05) is 37.4 Å². The highest BCUT2D eigenvalue weighted by Crippen LogP contribution is 2.36. The van der Waals surface area contributed by atoms with Crippen molar-refractivity contribution in [1.82, 2.24) is 5.32 Å². The number of ether oxygens (including phenoxy) is 1. The Morgan fingerprint density at radius 3 is 2.70 bits per heavy atom. The van der Waals surface area contributed by atoms with Gasteiger partial charge in [-0.3, -0.25) is 0 Å². The molecule has 1 N–H and O–H groups in total. The second-order valence-electron chi connectivity index (χ2n) is 5.18. The SMILES string of the molecule is CNC(Cc1ccc(F)cc1)C1COc2ccccc21. The summed E-state index contributed by atoms with van der Waals surface area (Å²) in [5, 5.41) is 3.37. The number of para-hydroxylation sites is 1. The summed E-state index contributed by atoms with van der Waals surface area (Å²) in [6.07, 6.45) is 0.860. The molecule has 0 aliphatic carbocycles. The van der Waals surface area contributed by atoms with E-state index in [1.165, 1.54) is 17.7 Å². The summed E-state index contributed by atoms with van der Waals surface area (Å²) in [5.74, 6) is 1.13. The topological polar surface area (TPSA) is 21.3 Å². The minimum atomic E-state index is -0.190. The van der Waals surface area contributed by atoms with Crippen LogP contribution in [0, 0.1) is 5.82 Å². The van der Waals surface area contributed by atoms with Crippen molar-refractivity contribution in [3.05, 3.63) is 65.5 Å². The van der Waals surface area contributed by atoms with E-state index in [9.17, 15) is 4.39 Å². The van der Waals surface area contributed by atoms with Crippen LogP contribution in [0.15, 0.2) is 48.5 Å². The average molecular weight is 271 g/mol. The molecule has 104 valence electrons. The third-order valence-electron chi connectivity index (χ3n) is 3.96. The van der Waals surface area contributed by atoms with Crippen molar-refractivity contribution in [1.29, 1.82) is 0 Å². The minimum Gasteiger partial charge on any atom is -0.493 e. The first-order valence-corrected chi connectivity index (χ1v) is 6.91. The van der Waals surface area contributed by atoms with E-state index in [-0.39, 0.29) is 11.9 Å². The van der Waals surface area contributed by atoms with Crippen LogP contribution in [-0.4, -0.2) is 19.7 Å². The molecule has 3 heteroatoms. The van der Waals surface area contributed by atoms with Crippen molar-refractivity contribution in [3.8, 4) is 5.75 Å². The molecule has 2 aromatic rings. The van der Waals surface area contributed by atoms with Gasteiger partial charge >= 0.3 is 0 Å². The Labute approximate surface area is 118 Å². The number of benzene rings is 2. The van der Waals surface area contributed by atoms with Gasteiger partial charge in [-0.05, 0) is 37.2 Å². The van der Waals surface area contributed by atoms with E-state index in [0.717, 1.165) is 17.7 Å². The Morgan fingerprint density at radius 2 is 1.95 bits per heavy atom. The highest BCUT2D eigenvalue weighted by Gasteiger charge is 2.30. The van der Waals surface area contributed by atoms with E-state index in [4.69, 9.17) is 4.74 Å². The lowest BCUT2D eigenvalue weighted by Gasteiger charge is -2.22. The van der Waals surface area contributed by atoms with Crippen molar-refractivity contribution in [3.63, 3.8) is 0 Å². The number of hydrogen-bond donors (Lipinski definition) is 1. The molecule has 0 radical (unpaired) electrons. The lowest BCUT2D eigenvalue weighted by atomic mass is 9.89. The van der Waals surface area contributed by atoms with Crippen LogP contribution < -0.4 is 10.1 Å². The molecular weight excluding hydrogens is 253 g/mol. The zero-order valence-electron chi connectivity index (χ0n) is 11.5. The van der Waals surface area contributed by atoms with Gasteiger partial charge in [-0.2, -0.15) is 0 Å². The van der Waals surface area contributed by atoms with Crippen molar-refractivity contribution in [2.75, 3.05) is 13.7 Å². The van der Waals surface area contributed by atoms with Crippen LogP contribution in [0.3, 0.4) is 0 Å². The molecular formula is C17H18FNO. The van der Waals surface area contributed by atoms with Gasteiger partial charge in [0.25, 0.3) is 0 Å². The first-order valence-electron chi connectivity index (χ1n) is 6.91. The number of hydrogen-bond acceptors (Lipinski definition) is 2. The van der Waals surface area contributed by atoms with Gasteiger partial charge in [0.15, 0.2) is 0 Å². The fraction of sp³-hybridized carbons (Fsp3) is 0.294. The molecule has 0 saturated heterocycles. The molecule has 2 unspecified atom stereocenters. The molecule has 1 aliphatic heterocycles. The summed E-state index contributed by atoms with van der Waals surface area (Å²) in [4.78, 5) is 0. The van der Waals surface area contributed by atoms with Gasteiger partial charge < -0.3 is 10.1 Å². The van der Waals surface area contributed by atoms with Crippen LogP contribution >= 0.6 is 0 Å². The van der Waals surface area contributed by atoms with Crippen LogP contribution in [0.5, 0.6) is 5.75 Å². The monoisotopic (exact) mass is 271 g/mol. The van der Waals surface area contributed by atoms with Gasteiger partial charge in [-0.15, -0.1) is 0 Å².